The van der Waals surface area contributed by atoms with Crippen molar-refractivity contribution < 1.29 is 18.9 Å². The van der Waals surface area contributed by atoms with Gasteiger partial charge in [0.1, 0.15) is 11.5 Å². The van der Waals surface area contributed by atoms with Crippen LogP contribution in [0.4, 0.5) is 0 Å². The van der Waals surface area contributed by atoms with E-state index >= 15 is 0 Å². The molecule has 0 heterocycles. The van der Waals surface area contributed by atoms with Crippen LogP contribution in [-0.2, 0) is 9.47 Å². The van der Waals surface area contributed by atoms with Crippen LogP contribution in [0.15, 0.2) is 18.2 Å². The predicted molar refractivity (Wildman–Crippen MR) is 73.8 cm³/mol. The molecule has 0 saturated heterocycles. The molecule has 2 N–H and O–H groups in total. The van der Waals surface area contributed by atoms with Gasteiger partial charge >= 0.3 is 0 Å². The van der Waals surface area contributed by atoms with Crippen molar-refractivity contribution in [3.8, 4) is 11.5 Å². The minimum absolute atomic E-state index is 0.0142. The summed E-state index contributed by atoms with van der Waals surface area (Å²) < 4.78 is 21.1. The molecular weight excluding hydrogens is 246 g/mol. The van der Waals surface area contributed by atoms with Crippen molar-refractivity contribution >= 4 is 0 Å². The minimum Gasteiger partial charge on any atom is -0.497 e. The fourth-order valence-electron chi connectivity index (χ4n) is 1.77. The second kappa shape index (κ2) is 7.99. The Bertz CT molecular complexity index is 384. The lowest BCUT2D eigenvalue weighted by Crippen LogP contribution is -2.23. The van der Waals surface area contributed by atoms with Gasteiger partial charge in [-0.05, 0) is 19.1 Å². The van der Waals surface area contributed by atoms with Crippen molar-refractivity contribution in [2.75, 3.05) is 34.5 Å². The van der Waals surface area contributed by atoms with Gasteiger partial charge in [-0.15, -0.1) is 0 Å². The molecular formula is C14H23NO4. The van der Waals surface area contributed by atoms with Crippen LogP contribution >= 0.6 is 0 Å². The lowest BCUT2D eigenvalue weighted by Gasteiger charge is -2.19. The van der Waals surface area contributed by atoms with Gasteiger partial charge in [-0.3, -0.25) is 0 Å². The number of hydrogen-bond donors (Lipinski definition) is 1. The van der Waals surface area contributed by atoms with Gasteiger partial charge in [0.15, 0.2) is 0 Å². The van der Waals surface area contributed by atoms with E-state index in [2.05, 4.69) is 0 Å². The quantitative estimate of drug-likeness (QED) is 0.779. The molecule has 1 aromatic carbocycles. The zero-order chi connectivity index (χ0) is 14.3. The molecule has 2 atom stereocenters. The van der Waals surface area contributed by atoms with E-state index in [1.807, 2.05) is 25.1 Å². The average Bonchev–Trinajstić information content (AvgIpc) is 2.44. The maximum absolute atomic E-state index is 6.12. The summed E-state index contributed by atoms with van der Waals surface area (Å²) in [4.78, 5) is 0. The molecule has 0 fully saturated rings. The second-order valence-electron chi connectivity index (χ2n) is 4.31. The molecule has 0 aliphatic heterocycles. The van der Waals surface area contributed by atoms with Crippen LogP contribution in [0.3, 0.4) is 0 Å². The number of benzene rings is 1. The standard InChI is InChI=1S/C14H23NO4/c1-10(8-16-2)19-9-13(15)12-6-5-11(17-3)7-14(12)18-4/h5-7,10,13H,8-9,15H2,1-4H3. The molecule has 0 aliphatic carbocycles. The highest BCUT2D eigenvalue weighted by Gasteiger charge is 2.14. The molecule has 0 spiro atoms. The molecule has 1 rings (SSSR count). The van der Waals surface area contributed by atoms with Crippen LogP contribution in [-0.4, -0.2) is 40.6 Å². The van der Waals surface area contributed by atoms with Crippen molar-refractivity contribution in [3.63, 3.8) is 0 Å². The minimum atomic E-state index is -0.250. The summed E-state index contributed by atoms with van der Waals surface area (Å²) in [5.41, 5.74) is 7.02. The molecule has 1 aromatic rings. The zero-order valence-corrected chi connectivity index (χ0v) is 12.0. The van der Waals surface area contributed by atoms with Crippen LogP contribution in [0.25, 0.3) is 0 Å². The third kappa shape index (κ3) is 4.70. The Balaban J connectivity index is 2.68. The maximum atomic E-state index is 6.12. The smallest absolute Gasteiger partial charge is 0.127 e. The summed E-state index contributed by atoms with van der Waals surface area (Å²) in [6.45, 7) is 2.90. The number of methoxy groups -OCH3 is 3. The van der Waals surface area contributed by atoms with Crippen molar-refractivity contribution in [1.29, 1.82) is 0 Å². The molecule has 108 valence electrons. The summed E-state index contributed by atoms with van der Waals surface area (Å²) in [5.74, 6) is 1.44. The first-order chi connectivity index (χ1) is 9.12. The van der Waals surface area contributed by atoms with Gasteiger partial charge in [-0.1, -0.05) is 0 Å². The molecule has 0 saturated carbocycles. The SMILES string of the molecule is COCC(C)OCC(N)c1ccc(OC)cc1OC. The maximum Gasteiger partial charge on any atom is 0.127 e. The van der Waals surface area contributed by atoms with Crippen LogP contribution in [0.5, 0.6) is 11.5 Å². The first-order valence-corrected chi connectivity index (χ1v) is 6.20. The number of nitrogens with two attached hydrogens (primary N) is 1. The van der Waals surface area contributed by atoms with Crippen molar-refractivity contribution in [2.45, 2.75) is 19.1 Å². The average molecular weight is 269 g/mol. The summed E-state index contributed by atoms with van der Waals surface area (Å²) in [6, 6.07) is 5.32. The highest BCUT2D eigenvalue weighted by molar-refractivity contribution is 5.42. The normalized spacial score (nSPS) is 13.9. The highest BCUT2D eigenvalue weighted by atomic mass is 16.5. The predicted octanol–water partition coefficient (Wildman–Crippen LogP) is 1.76. The summed E-state index contributed by atoms with van der Waals surface area (Å²) in [7, 11) is 4.87. The van der Waals surface area contributed by atoms with Gasteiger partial charge in [0.2, 0.25) is 0 Å². The van der Waals surface area contributed by atoms with E-state index < -0.39 is 0 Å². The van der Waals surface area contributed by atoms with E-state index in [1.165, 1.54) is 0 Å². The van der Waals surface area contributed by atoms with E-state index in [0.717, 1.165) is 11.3 Å². The number of ether oxygens (including phenoxy) is 4. The molecule has 19 heavy (non-hydrogen) atoms. The van der Waals surface area contributed by atoms with Gasteiger partial charge < -0.3 is 24.7 Å². The Hall–Kier alpha value is -1.30. The largest absolute Gasteiger partial charge is 0.497 e. The lowest BCUT2D eigenvalue weighted by atomic mass is 10.1. The van der Waals surface area contributed by atoms with Gasteiger partial charge in [-0.25, -0.2) is 0 Å². The van der Waals surface area contributed by atoms with Gasteiger partial charge in [0.05, 0.1) is 39.6 Å². The third-order valence-corrected chi connectivity index (χ3v) is 2.80. The molecule has 0 amide bonds. The molecule has 2 unspecified atom stereocenters. The van der Waals surface area contributed by atoms with Gasteiger partial charge in [0.25, 0.3) is 0 Å². The molecule has 5 nitrogen and oxygen atoms in total. The third-order valence-electron chi connectivity index (χ3n) is 2.80. The fraction of sp³-hybridized carbons (Fsp3) is 0.571. The van der Waals surface area contributed by atoms with Crippen LogP contribution in [0.2, 0.25) is 0 Å². The monoisotopic (exact) mass is 269 g/mol. The van der Waals surface area contributed by atoms with Crippen molar-refractivity contribution in [1.82, 2.24) is 0 Å². The number of rotatable bonds is 8. The Kier molecular flexibility index (Phi) is 6.62. The van der Waals surface area contributed by atoms with Crippen LogP contribution in [0, 0.1) is 0 Å². The second-order valence-corrected chi connectivity index (χ2v) is 4.31. The highest BCUT2D eigenvalue weighted by Crippen LogP contribution is 2.28. The van der Waals surface area contributed by atoms with E-state index in [1.54, 1.807) is 21.3 Å². The first-order valence-electron chi connectivity index (χ1n) is 6.20. The summed E-state index contributed by atoms with van der Waals surface area (Å²) >= 11 is 0. The molecule has 0 aromatic heterocycles. The zero-order valence-electron chi connectivity index (χ0n) is 12.0. The molecule has 0 aliphatic rings. The Morgan fingerprint density at radius 1 is 1.11 bits per heavy atom. The van der Waals surface area contributed by atoms with E-state index in [4.69, 9.17) is 24.7 Å². The number of hydrogen-bond acceptors (Lipinski definition) is 5. The summed E-state index contributed by atoms with van der Waals surface area (Å²) in [5, 5.41) is 0. The van der Waals surface area contributed by atoms with Crippen LogP contribution in [0.1, 0.15) is 18.5 Å². The molecule has 0 bridgehead atoms. The fourth-order valence-corrected chi connectivity index (χ4v) is 1.77. The molecule has 5 heteroatoms. The van der Waals surface area contributed by atoms with Crippen molar-refractivity contribution in [3.05, 3.63) is 23.8 Å². The molecule has 0 radical (unpaired) electrons. The Morgan fingerprint density at radius 2 is 1.84 bits per heavy atom. The van der Waals surface area contributed by atoms with Gasteiger partial charge in [0, 0.05) is 18.7 Å². The first kappa shape index (κ1) is 15.8. The van der Waals surface area contributed by atoms with E-state index in [9.17, 15) is 0 Å². The van der Waals surface area contributed by atoms with E-state index in [-0.39, 0.29) is 12.1 Å². The van der Waals surface area contributed by atoms with E-state index in [0.29, 0.717) is 19.0 Å². The van der Waals surface area contributed by atoms with Gasteiger partial charge in [-0.2, -0.15) is 0 Å². The Labute approximate surface area is 114 Å². The summed E-state index contributed by atoms with van der Waals surface area (Å²) in [6.07, 6.45) is 0.0142. The lowest BCUT2D eigenvalue weighted by molar-refractivity contribution is 0.00310. The topological polar surface area (TPSA) is 62.9 Å². The van der Waals surface area contributed by atoms with Crippen molar-refractivity contribution in [2.24, 2.45) is 5.73 Å². The Morgan fingerprint density at radius 3 is 2.42 bits per heavy atom. The van der Waals surface area contributed by atoms with Crippen LogP contribution < -0.4 is 15.2 Å².